The van der Waals surface area contributed by atoms with Crippen LogP contribution in [0.15, 0.2) is 60.7 Å². The minimum absolute atomic E-state index is 0.317. The van der Waals surface area contributed by atoms with Crippen molar-refractivity contribution in [1.29, 1.82) is 0 Å². The lowest BCUT2D eigenvalue weighted by molar-refractivity contribution is -0.164. The van der Waals surface area contributed by atoms with Crippen molar-refractivity contribution in [2.45, 2.75) is 11.8 Å². The number of rotatable bonds is 4. The summed E-state index contributed by atoms with van der Waals surface area (Å²) in [5.74, 6) is -4.53. The lowest BCUT2D eigenvalue weighted by Crippen LogP contribution is -2.51. The highest BCUT2D eigenvalue weighted by atomic mass is 16.4. The number of carboxylic acids is 2. The Bertz CT molecular complexity index is 619. The van der Waals surface area contributed by atoms with E-state index in [2.05, 4.69) is 0 Å². The second-order valence-corrected chi connectivity index (χ2v) is 5.60. The minimum Gasteiger partial charge on any atom is -0.481 e. The van der Waals surface area contributed by atoms with Crippen LogP contribution < -0.4 is 0 Å². The van der Waals surface area contributed by atoms with Crippen LogP contribution in [0, 0.1) is 11.8 Å². The van der Waals surface area contributed by atoms with Crippen LogP contribution in [0.25, 0.3) is 0 Å². The van der Waals surface area contributed by atoms with Crippen molar-refractivity contribution in [2.75, 3.05) is 0 Å². The maximum Gasteiger partial charge on any atom is 0.308 e. The Balaban J connectivity index is 2.07. The molecule has 1 saturated carbocycles. The van der Waals surface area contributed by atoms with Crippen LogP contribution in [0.5, 0.6) is 0 Å². The normalized spacial score (nSPS) is 26.9. The predicted octanol–water partition coefficient (Wildman–Crippen LogP) is 2.97. The summed E-state index contributed by atoms with van der Waals surface area (Å²) in [4.78, 5) is 23.2. The topological polar surface area (TPSA) is 74.6 Å². The highest BCUT2D eigenvalue weighted by Gasteiger charge is 2.58. The number of hydrogen-bond donors (Lipinski definition) is 2. The van der Waals surface area contributed by atoms with Gasteiger partial charge >= 0.3 is 11.9 Å². The Kier molecular flexibility index (Phi) is 3.67. The molecule has 0 aliphatic heterocycles. The molecule has 112 valence electrons. The van der Waals surface area contributed by atoms with E-state index in [1.807, 2.05) is 60.7 Å². The van der Waals surface area contributed by atoms with Gasteiger partial charge in [-0.3, -0.25) is 9.59 Å². The van der Waals surface area contributed by atoms with E-state index in [0.717, 1.165) is 11.1 Å². The van der Waals surface area contributed by atoms with Crippen LogP contribution in [0.2, 0.25) is 0 Å². The van der Waals surface area contributed by atoms with Crippen LogP contribution in [0.4, 0.5) is 0 Å². The number of aliphatic carboxylic acids is 2. The quantitative estimate of drug-likeness (QED) is 0.909. The van der Waals surface area contributed by atoms with Crippen LogP contribution >= 0.6 is 0 Å². The molecule has 1 fully saturated rings. The summed E-state index contributed by atoms with van der Waals surface area (Å²) in [5.41, 5.74) is 1.75. The number of hydrogen-bond acceptors (Lipinski definition) is 2. The number of carbonyl (C=O) groups is 2. The van der Waals surface area contributed by atoms with Crippen LogP contribution in [-0.4, -0.2) is 22.2 Å². The van der Waals surface area contributed by atoms with Gasteiger partial charge in [0.2, 0.25) is 0 Å². The lowest BCUT2D eigenvalue weighted by Gasteiger charge is -2.48. The van der Waals surface area contributed by atoms with Crippen LogP contribution in [0.1, 0.15) is 23.0 Å². The molecular weight excluding hydrogens is 280 g/mol. The van der Waals surface area contributed by atoms with E-state index in [0.29, 0.717) is 0 Å². The van der Waals surface area contributed by atoms with Crippen LogP contribution in [0.3, 0.4) is 0 Å². The van der Waals surface area contributed by atoms with E-state index in [1.165, 1.54) is 0 Å². The monoisotopic (exact) mass is 296 g/mol. The number of benzene rings is 2. The average Bonchev–Trinajstić information content (AvgIpc) is 2.47. The van der Waals surface area contributed by atoms with E-state index in [1.54, 1.807) is 0 Å². The Morgan fingerprint density at radius 2 is 0.955 bits per heavy atom. The maximum absolute atomic E-state index is 11.6. The summed E-state index contributed by atoms with van der Waals surface area (Å²) in [5, 5.41) is 19.0. The first-order valence-electron chi connectivity index (χ1n) is 7.16. The molecule has 4 atom stereocenters. The van der Waals surface area contributed by atoms with Gasteiger partial charge in [0, 0.05) is 11.8 Å². The van der Waals surface area contributed by atoms with Crippen molar-refractivity contribution in [2.24, 2.45) is 11.8 Å². The Labute approximate surface area is 128 Å². The zero-order valence-corrected chi connectivity index (χ0v) is 11.8. The summed E-state index contributed by atoms with van der Waals surface area (Å²) in [6.45, 7) is 0. The van der Waals surface area contributed by atoms with Gasteiger partial charge in [-0.2, -0.15) is 0 Å². The summed E-state index contributed by atoms with van der Waals surface area (Å²) in [6, 6.07) is 18.6. The SMILES string of the molecule is O=C(O)[C@H]1[C@H](C(=O)O)[C@@H](c2ccccc2)[C@@H]1c1ccccc1. The Morgan fingerprint density at radius 1 is 0.636 bits per heavy atom. The van der Waals surface area contributed by atoms with Gasteiger partial charge in [-0.05, 0) is 11.1 Å². The third kappa shape index (κ3) is 2.26. The molecule has 2 N–H and O–H groups in total. The van der Waals surface area contributed by atoms with Crippen molar-refractivity contribution in [3.8, 4) is 0 Å². The fraction of sp³-hybridized carbons (Fsp3) is 0.222. The molecule has 0 spiro atoms. The van der Waals surface area contributed by atoms with E-state index < -0.39 is 23.8 Å². The fourth-order valence-corrected chi connectivity index (χ4v) is 3.54. The molecule has 0 aromatic heterocycles. The molecule has 0 saturated heterocycles. The molecule has 2 aromatic carbocycles. The van der Waals surface area contributed by atoms with E-state index in [9.17, 15) is 19.8 Å². The molecular formula is C18H16O4. The first-order valence-corrected chi connectivity index (χ1v) is 7.16. The zero-order valence-electron chi connectivity index (χ0n) is 11.8. The van der Waals surface area contributed by atoms with Gasteiger partial charge in [-0.1, -0.05) is 60.7 Å². The molecule has 0 bridgehead atoms. The molecule has 1 aliphatic rings. The standard InChI is InChI=1S/C18H16O4/c19-17(20)15-13(11-7-3-1-4-8-11)14(16(15)18(21)22)12-9-5-2-6-10-12/h1-10,13-16H,(H,19,20)(H,21,22)/t13-,14-,15+,16+/m0/s1. The Morgan fingerprint density at radius 3 is 1.23 bits per heavy atom. The summed E-state index contributed by atoms with van der Waals surface area (Å²) in [7, 11) is 0. The molecule has 4 nitrogen and oxygen atoms in total. The highest BCUT2D eigenvalue weighted by Crippen LogP contribution is 2.57. The van der Waals surface area contributed by atoms with Crippen LogP contribution in [-0.2, 0) is 9.59 Å². The van der Waals surface area contributed by atoms with Crippen molar-refractivity contribution >= 4 is 11.9 Å². The number of carboxylic acid groups (broad SMARTS) is 2. The maximum atomic E-state index is 11.6. The minimum atomic E-state index is -1.05. The van der Waals surface area contributed by atoms with E-state index in [-0.39, 0.29) is 11.8 Å². The second kappa shape index (κ2) is 5.64. The molecule has 3 rings (SSSR count). The molecule has 2 aromatic rings. The predicted molar refractivity (Wildman–Crippen MR) is 80.6 cm³/mol. The van der Waals surface area contributed by atoms with Crippen molar-refractivity contribution in [3.63, 3.8) is 0 Å². The second-order valence-electron chi connectivity index (χ2n) is 5.60. The molecule has 0 heterocycles. The third-order valence-electron chi connectivity index (χ3n) is 4.49. The molecule has 22 heavy (non-hydrogen) atoms. The highest BCUT2D eigenvalue weighted by molar-refractivity contribution is 5.85. The van der Waals surface area contributed by atoms with Gasteiger partial charge in [0.25, 0.3) is 0 Å². The lowest BCUT2D eigenvalue weighted by atomic mass is 9.52. The smallest absolute Gasteiger partial charge is 0.308 e. The molecule has 0 amide bonds. The van der Waals surface area contributed by atoms with Gasteiger partial charge in [-0.25, -0.2) is 0 Å². The Hall–Kier alpha value is -2.62. The van der Waals surface area contributed by atoms with Crippen molar-refractivity contribution < 1.29 is 19.8 Å². The largest absolute Gasteiger partial charge is 0.481 e. The van der Waals surface area contributed by atoms with Gasteiger partial charge in [-0.15, -0.1) is 0 Å². The molecule has 0 radical (unpaired) electrons. The molecule has 0 unspecified atom stereocenters. The summed E-state index contributed by atoms with van der Waals surface area (Å²) >= 11 is 0. The van der Waals surface area contributed by atoms with E-state index >= 15 is 0 Å². The first kappa shape index (κ1) is 14.3. The summed E-state index contributed by atoms with van der Waals surface area (Å²) in [6.07, 6.45) is 0. The molecule has 4 heteroatoms. The zero-order chi connectivity index (χ0) is 15.7. The fourth-order valence-electron chi connectivity index (χ4n) is 3.54. The van der Waals surface area contributed by atoms with Crippen molar-refractivity contribution in [1.82, 2.24) is 0 Å². The summed E-state index contributed by atoms with van der Waals surface area (Å²) < 4.78 is 0. The van der Waals surface area contributed by atoms with E-state index in [4.69, 9.17) is 0 Å². The van der Waals surface area contributed by atoms with Gasteiger partial charge in [0.1, 0.15) is 0 Å². The third-order valence-corrected chi connectivity index (χ3v) is 4.49. The van der Waals surface area contributed by atoms with Gasteiger partial charge < -0.3 is 10.2 Å². The van der Waals surface area contributed by atoms with Gasteiger partial charge in [0.05, 0.1) is 11.8 Å². The van der Waals surface area contributed by atoms with Gasteiger partial charge in [0.15, 0.2) is 0 Å². The molecule has 1 aliphatic carbocycles. The first-order chi connectivity index (χ1) is 10.6. The average molecular weight is 296 g/mol. The van der Waals surface area contributed by atoms with Crippen molar-refractivity contribution in [3.05, 3.63) is 71.8 Å².